The Morgan fingerprint density at radius 3 is 2.85 bits per heavy atom. The first-order valence-electron chi connectivity index (χ1n) is 9.46. The van der Waals surface area contributed by atoms with E-state index >= 15 is 0 Å². The predicted molar refractivity (Wildman–Crippen MR) is 101 cm³/mol. The van der Waals surface area contributed by atoms with Gasteiger partial charge in [0.1, 0.15) is 5.82 Å². The SMILES string of the molecule is CC1CCCCC1NC(=O)COC(=O)CCc1nc2ccccc2c(=O)[nH]1. The van der Waals surface area contributed by atoms with E-state index in [1.807, 2.05) is 0 Å². The number of hydrogen-bond donors (Lipinski definition) is 2. The number of esters is 1. The van der Waals surface area contributed by atoms with Gasteiger partial charge in [-0.25, -0.2) is 4.98 Å². The monoisotopic (exact) mass is 371 g/mol. The zero-order chi connectivity index (χ0) is 19.2. The number of nitrogens with zero attached hydrogens (tertiary/aromatic N) is 1. The third-order valence-corrected chi connectivity index (χ3v) is 5.05. The Kier molecular flexibility index (Phi) is 6.21. The van der Waals surface area contributed by atoms with E-state index in [0.717, 1.165) is 19.3 Å². The van der Waals surface area contributed by atoms with Crippen LogP contribution in [0, 0.1) is 5.92 Å². The van der Waals surface area contributed by atoms with Crippen LogP contribution >= 0.6 is 0 Å². The van der Waals surface area contributed by atoms with Crippen molar-refractivity contribution in [2.45, 2.75) is 51.5 Å². The van der Waals surface area contributed by atoms with Crippen LogP contribution in [0.3, 0.4) is 0 Å². The fourth-order valence-electron chi connectivity index (χ4n) is 3.47. The third kappa shape index (κ3) is 5.15. The maximum atomic E-state index is 12.0. The molecule has 2 unspecified atom stereocenters. The Labute approximate surface area is 157 Å². The number of aryl methyl sites for hydroxylation is 1. The highest BCUT2D eigenvalue weighted by Crippen LogP contribution is 2.23. The van der Waals surface area contributed by atoms with Gasteiger partial charge in [-0.15, -0.1) is 0 Å². The van der Waals surface area contributed by atoms with E-state index in [0.29, 0.717) is 22.6 Å². The molecular formula is C20H25N3O4. The first kappa shape index (κ1) is 19.1. The second-order valence-corrected chi connectivity index (χ2v) is 7.13. The summed E-state index contributed by atoms with van der Waals surface area (Å²) in [6, 6.07) is 7.19. The Bertz CT molecular complexity index is 877. The maximum Gasteiger partial charge on any atom is 0.306 e. The minimum absolute atomic E-state index is 0.0500. The molecule has 0 radical (unpaired) electrons. The molecule has 0 bridgehead atoms. The van der Waals surface area contributed by atoms with Crippen LogP contribution in [0.4, 0.5) is 0 Å². The molecule has 2 N–H and O–H groups in total. The van der Waals surface area contributed by atoms with Crippen LogP contribution in [0.5, 0.6) is 0 Å². The number of hydrogen-bond acceptors (Lipinski definition) is 5. The number of fused-ring (bicyclic) bond motifs is 1. The lowest BCUT2D eigenvalue weighted by molar-refractivity contribution is -0.148. The zero-order valence-electron chi connectivity index (χ0n) is 15.5. The number of para-hydroxylation sites is 1. The molecule has 3 rings (SSSR count). The molecule has 0 spiro atoms. The molecule has 27 heavy (non-hydrogen) atoms. The van der Waals surface area contributed by atoms with Crippen molar-refractivity contribution in [3.8, 4) is 0 Å². The summed E-state index contributed by atoms with van der Waals surface area (Å²) in [4.78, 5) is 42.9. The van der Waals surface area contributed by atoms with Crippen LogP contribution in [0.25, 0.3) is 10.9 Å². The second-order valence-electron chi connectivity index (χ2n) is 7.13. The molecule has 1 aromatic carbocycles. The quantitative estimate of drug-likeness (QED) is 0.757. The van der Waals surface area contributed by atoms with Crippen molar-refractivity contribution >= 4 is 22.8 Å². The van der Waals surface area contributed by atoms with Crippen molar-refractivity contribution in [1.29, 1.82) is 0 Å². The summed E-state index contributed by atoms with van der Waals surface area (Å²) in [5.74, 6) is 0.127. The van der Waals surface area contributed by atoms with Gasteiger partial charge in [0.2, 0.25) is 0 Å². The highest BCUT2D eigenvalue weighted by molar-refractivity contribution is 5.81. The minimum atomic E-state index is -0.488. The Balaban J connectivity index is 1.45. The van der Waals surface area contributed by atoms with E-state index in [-0.39, 0.29) is 37.0 Å². The molecule has 0 saturated heterocycles. The number of H-pyrrole nitrogens is 1. The minimum Gasteiger partial charge on any atom is -0.456 e. The number of ether oxygens (including phenoxy) is 1. The summed E-state index contributed by atoms with van der Waals surface area (Å²) in [5.41, 5.74) is 0.357. The lowest BCUT2D eigenvalue weighted by Crippen LogP contribution is -2.42. The van der Waals surface area contributed by atoms with Gasteiger partial charge in [-0.3, -0.25) is 14.4 Å². The summed E-state index contributed by atoms with van der Waals surface area (Å²) in [5, 5.41) is 3.46. The van der Waals surface area contributed by atoms with Crippen molar-refractivity contribution in [2.24, 2.45) is 5.92 Å². The number of benzene rings is 1. The van der Waals surface area contributed by atoms with Gasteiger partial charge >= 0.3 is 5.97 Å². The van der Waals surface area contributed by atoms with Crippen molar-refractivity contribution in [3.63, 3.8) is 0 Å². The Hall–Kier alpha value is -2.70. The van der Waals surface area contributed by atoms with Crippen molar-refractivity contribution < 1.29 is 14.3 Å². The average molecular weight is 371 g/mol. The maximum absolute atomic E-state index is 12.0. The smallest absolute Gasteiger partial charge is 0.306 e. The van der Waals surface area contributed by atoms with Crippen LogP contribution in [-0.4, -0.2) is 34.5 Å². The Morgan fingerprint density at radius 2 is 2.04 bits per heavy atom. The molecule has 144 valence electrons. The van der Waals surface area contributed by atoms with E-state index in [9.17, 15) is 14.4 Å². The molecule has 1 amide bonds. The van der Waals surface area contributed by atoms with Gasteiger partial charge in [-0.2, -0.15) is 0 Å². The van der Waals surface area contributed by atoms with Crippen molar-refractivity contribution in [2.75, 3.05) is 6.61 Å². The number of rotatable bonds is 6. The molecule has 1 aliphatic rings. The summed E-state index contributed by atoms with van der Waals surface area (Å²) >= 11 is 0. The molecule has 7 nitrogen and oxygen atoms in total. The van der Waals surface area contributed by atoms with Crippen molar-refractivity contribution in [3.05, 3.63) is 40.4 Å². The number of nitrogens with one attached hydrogen (secondary N) is 2. The largest absolute Gasteiger partial charge is 0.456 e. The topological polar surface area (TPSA) is 101 Å². The van der Waals surface area contributed by atoms with Gasteiger partial charge in [-0.05, 0) is 30.9 Å². The van der Waals surface area contributed by atoms with E-state index < -0.39 is 5.97 Å². The highest BCUT2D eigenvalue weighted by atomic mass is 16.5. The van der Waals surface area contributed by atoms with Crippen LogP contribution in [0.2, 0.25) is 0 Å². The standard InChI is InChI=1S/C20H25N3O4/c1-13-6-2-4-8-15(13)22-18(24)12-27-19(25)11-10-17-21-16-9-5-3-7-14(16)20(26)23-17/h3,5,7,9,13,15H,2,4,6,8,10-12H2,1H3,(H,22,24)(H,21,23,26). The van der Waals surface area contributed by atoms with Gasteiger partial charge < -0.3 is 15.0 Å². The first-order valence-corrected chi connectivity index (χ1v) is 9.46. The first-order chi connectivity index (χ1) is 13.0. The van der Waals surface area contributed by atoms with Gasteiger partial charge in [-0.1, -0.05) is 31.9 Å². The zero-order valence-corrected chi connectivity index (χ0v) is 15.5. The fourth-order valence-corrected chi connectivity index (χ4v) is 3.47. The third-order valence-electron chi connectivity index (χ3n) is 5.05. The van der Waals surface area contributed by atoms with E-state index in [1.165, 1.54) is 6.42 Å². The summed E-state index contributed by atoms with van der Waals surface area (Å²) < 4.78 is 5.05. The highest BCUT2D eigenvalue weighted by Gasteiger charge is 2.23. The molecule has 1 saturated carbocycles. The Morgan fingerprint density at radius 1 is 1.26 bits per heavy atom. The van der Waals surface area contributed by atoms with Gasteiger partial charge in [0.25, 0.3) is 11.5 Å². The predicted octanol–water partition coefficient (Wildman–Crippen LogP) is 2.09. The van der Waals surface area contributed by atoms with Crippen LogP contribution < -0.4 is 10.9 Å². The molecular weight excluding hydrogens is 346 g/mol. The van der Waals surface area contributed by atoms with Crippen LogP contribution in [-0.2, 0) is 20.7 Å². The van der Waals surface area contributed by atoms with Crippen LogP contribution in [0.1, 0.15) is 44.9 Å². The van der Waals surface area contributed by atoms with Gasteiger partial charge in [0.05, 0.1) is 17.3 Å². The van der Waals surface area contributed by atoms with E-state index in [2.05, 4.69) is 22.2 Å². The lowest BCUT2D eigenvalue weighted by Gasteiger charge is -2.29. The number of carbonyl (C=O) groups is 2. The molecule has 0 aliphatic heterocycles. The van der Waals surface area contributed by atoms with Gasteiger partial charge in [0, 0.05) is 12.5 Å². The summed E-state index contributed by atoms with van der Waals surface area (Å²) in [6.45, 7) is 1.86. The normalized spacial score (nSPS) is 19.6. The molecule has 1 aromatic heterocycles. The number of amides is 1. The summed E-state index contributed by atoms with van der Waals surface area (Å²) in [6.07, 6.45) is 4.71. The van der Waals surface area contributed by atoms with E-state index in [4.69, 9.17) is 4.74 Å². The molecule has 1 fully saturated rings. The van der Waals surface area contributed by atoms with Crippen LogP contribution in [0.15, 0.2) is 29.1 Å². The average Bonchev–Trinajstić information content (AvgIpc) is 2.66. The second kappa shape index (κ2) is 8.79. The fraction of sp³-hybridized carbons (Fsp3) is 0.500. The lowest BCUT2D eigenvalue weighted by atomic mass is 9.86. The van der Waals surface area contributed by atoms with Crippen molar-refractivity contribution in [1.82, 2.24) is 15.3 Å². The van der Waals surface area contributed by atoms with Gasteiger partial charge in [0.15, 0.2) is 6.61 Å². The van der Waals surface area contributed by atoms with E-state index in [1.54, 1.807) is 24.3 Å². The number of aromatic amines is 1. The molecule has 2 aromatic rings. The molecule has 1 aliphatic carbocycles. The number of aromatic nitrogens is 2. The molecule has 2 atom stereocenters. The molecule has 1 heterocycles. The number of carbonyl (C=O) groups excluding carboxylic acids is 2. The summed E-state index contributed by atoms with van der Waals surface area (Å²) in [7, 11) is 0. The molecule has 7 heteroatoms.